The van der Waals surface area contributed by atoms with E-state index < -0.39 is 18.2 Å². The highest BCUT2D eigenvalue weighted by Crippen LogP contribution is 2.40. The van der Waals surface area contributed by atoms with E-state index in [1.807, 2.05) is 12.1 Å². The van der Waals surface area contributed by atoms with E-state index in [2.05, 4.69) is 4.90 Å². The summed E-state index contributed by atoms with van der Waals surface area (Å²) in [5.74, 6) is -0.435. The predicted molar refractivity (Wildman–Crippen MR) is 131 cm³/mol. The zero-order valence-corrected chi connectivity index (χ0v) is 20.9. The summed E-state index contributed by atoms with van der Waals surface area (Å²) in [4.78, 5) is 15.2. The number of likely N-dealkylation sites (tertiary alicyclic amines) is 1. The molecule has 1 aliphatic rings. The first-order chi connectivity index (χ1) is 17.1. The number of carbonyl (C=O) groups excluding carboxylic acids is 1. The Labute approximate surface area is 208 Å². The molecule has 0 N–H and O–H groups in total. The van der Waals surface area contributed by atoms with Crippen LogP contribution in [0.1, 0.15) is 44.0 Å². The molecule has 0 bridgehead atoms. The zero-order valence-electron chi connectivity index (χ0n) is 20.9. The first-order valence-corrected chi connectivity index (χ1v) is 11.9. The Morgan fingerprint density at radius 1 is 1.11 bits per heavy atom. The molecule has 1 saturated heterocycles. The minimum Gasteiger partial charge on any atom is -0.496 e. The fourth-order valence-electron chi connectivity index (χ4n) is 4.25. The number of rotatable bonds is 9. The standard InChI is InChI=1S/C27H31F2NO6/c1-27(2,3)36-25(31)24-22(32-4)13-17(14-23(24)35-26(28)29)20-16-34-21-15-18(7-8-19(20)21)33-12-11-30-9-5-6-10-30/h7-8,13-16,26H,5-6,9-12H2,1-4H3. The third-order valence-electron chi connectivity index (χ3n) is 5.84. The molecule has 0 aliphatic carbocycles. The number of esters is 1. The fourth-order valence-corrected chi connectivity index (χ4v) is 4.25. The number of nitrogens with zero attached hydrogens (tertiary/aromatic N) is 1. The van der Waals surface area contributed by atoms with E-state index in [0.717, 1.165) is 25.0 Å². The average molecular weight is 504 g/mol. The van der Waals surface area contributed by atoms with Crippen LogP contribution in [0.4, 0.5) is 8.78 Å². The van der Waals surface area contributed by atoms with Gasteiger partial charge in [-0.05, 0) is 76.5 Å². The maximum atomic E-state index is 13.3. The van der Waals surface area contributed by atoms with Crippen LogP contribution in [0.5, 0.6) is 17.2 Å². The number of methoxy groups -OCH3 is 1. The van der Waals surface area contributed by atoms with Gasteiger partial charge in [0.25, 0.3) is 0 Å². The lowest BCUT2D eigenvalue weighted by Gasteiger charge is -2.22. The zero-order chi connectivity index (χ0) is 25.9. The van der Waals surface area contributed by atoms with Crippen molar-refractivity contribution in [1.82, 2.24) is 4.90 Å². The van der Waals surface area contributed by atoms with Crippen LogP contribution >= 0.6 is 0 Å². The molecular weight excluding hydrogens is 472 g/mol. The van der Waals surface area contributed by atoms with Crippen LogP contribution in [-0.2, 0) is 4.74 Å². The van der Waals surface area contributed by atoms with Crippen LogP contribution in [0, 0.1) is 0 Å². The number of fused-ring (bicyclic) bond motifs is 1. The van der Waals surface area contributed by atoms with Crippen molar-refractivity contribution in [2.24, 2.45) is 0 Å². The number of carbonyl (C=O) groups is 1. The molecule has 7 nitrogen and oxygen atoms in total. The molecule has 2 aromatic carbocycles. The van der Waals surface area contributed by atoms with Gasteiger partial charge in [-0.25, -0.2) is 4.79 Å². The molecule has 2 heterocycles. The second-order valence-corrected chi connectivity index (χ2v) is 9.64. The highest BCUT2D eigenvalue weighted by molar-refractivity contribution is 6.00. The summed E-state index contributed by atoms with van der Waals surface area (Å²) in [5, 5.41) is 0.747. The van der Waals surface area contributed by atoms with Gasteiger partial charge in [0, 0.05) is 23.6 Å². The summed E-state index contributed by atoms with van der Waals surface area (Å²) >= 11 is 0. The third kappa shape index (κ3) is 6.07. The van der Waals surface area contributed by atoms with Gasteiger partial charge in [0.15, 0.2) is 0 Å². The van der Waals surface area contributed by atoms with E-state index in [4.69, 9.17) is 23.4 Å². The maximum absolute atomic E-state index is 13.3. The Morgan fingerprint density at radius 3 is 2.50 bits per heavy atom. The molecule has 0 spiro atoms. The van der Waals surface area contributed by atoms with Crippen molar-refractivity contribution in [3.8, 4) is 28.4 Å². The normalized spacial score (nSPS) is 14.4. The smallest absolute Gasteiger partial charge is 0.387 e. The van der Waals surface area contributed by atoms with Crippen molar-refractivity contribution in [2.45, 2.75) is 45.8 Å². The highest BCUT2D eigenvalue weighted by Gasteiger charge is 2.28. The van der Waals surface area contributed by atoms with Crippen molar-refractivity contribution >= 4 is 16.9 Å². The van der Waals surface area contributed by atoms with Gasteiger partial charge < -0.3 is 23.4 Å². The van der Waals surface area contributed by atoms with E-state index in [1.165, 1.54) is 32.3 Å². The first-order valence-electron chi connectivity index (χ1n) is 11.9. The molecule has 3 aromatic rings. The SMILES string of the molecule is COc1cc(-c2coc3cc(OCCN4CCCC4)ccc23)cc(OC(F)F)c1C(=O)OC(C)(C)C. The number of halogens is 2. The molecule has 1 aliphatic heterocycles. The number of hydrogen-bond acceptors (Lipinski definition) is 7. The lowest BCUT2D eigenvalue weighted by Crippen LogP contribution is -2.25. The third-order valence-corrected chi connectivity index (χ3v) is 5.84. The summed E-state index contributed by atoms with van der Waals surface area (Å²) in [6, 6.07) is 8.42. The first kappa shape index (κ1) is 25.8. The molecular formula is C27H31F2NO6. The lowest BCUT2D eigenvalue weighted by atomic mass is 10.0. The van der Waals surface area contributed by atoms with Crippen LogP contribution in [0.3, 0.4) is 0 Å². The van der Waals surface area contributed by atoms with Gasteiger partial charge in [-0.15, -0.1) is 0 Å². The Kier molecular flexibility index (Phi) is 7.68. The number of furan rings is 1. The number of benzene rings is 2. The van der Waals surface area contributed by atoms with Crippen molar-refractivity contribution < 1.29 is 36.9 Å². The van der Waals surface area contributed by atoms with E-state index >= 15 is 0 Å². The van der Waals surface area contributed by atoms with Gasteiger partial charge in [-0.2, -0.15) is 8.78 Å². The Bertz CT molecular complexity index is 1210. The fraction of sp³-hybridized carbons (Fsp3) is 0.444. The van der Waals surface area contributed by atoms with Crippen molar-refractivity contribution in [3.05, 3.63) is 42.2 Å². The molecule has 36 heavy (non-hydrogen) atoms. The molecule has 4 rings (SSSR count). The van der Waals surface area contributed by atoms with E-state index in [9.17, 15) is 13.6 Å². The summed E-state index contributed by atoms with van der Waals surface area (Å²) in [5.41, 5.74) is 0.643. The second-order valence-electron chi connectivity index (χ2n) is 9.64. The minimum atomic E-state index is -3.15. The summed E-state index contributed by atoms with van der Waals surface area (Å²) in [6.45, 7) is 5.57. The van der Waals surface area contributed by atoms with Crippen molar-refractivity contribution in [3.63, 3.8) is 0 Å². The van der Waals surface area contributed by atoms with Gasteiger partial charge in [0.1, 0.15) is 40.6 Å². The Balaban J connectivity index is 1.64. The van der Waals surface area contributed by atoms with Crippen LogP contribution in [0.15, 0.2) is 41.0 Å². The van der Waals surface area contributed by atoms with Crippen LogP contribution in [-0.4, -0.2) is 56.4 Å². The number of hydrogen-bond donors (Lipinski definition) is 0. The second kappa shape index (κ2) is 10.7. The predicted octanol–water partition coefficient (Wildman–Crippen LogP) is 6.14. The van der Waals surface area contributed by atoms with Crippen LogP contribution in [0.2, 0.25) is 0 Å². The van der Waals surface area contributed by atoms with Gasteiger partial charge >= 0.3 is 12.6 Å². The molecule has 0 amide bonds. The quantitative estimate of drug-likeness (QED) is 0.325. The Hall–Kier alpha value is -3.33. The summed E-state index contributed by atoms with van der Waals surface area (Å²) in [6.07, 6.45) is 3.98. The minimum absolute atomic E-state index is 0.0496. The topological polar surface area (TPSA) is 70.4 Å². The number of ether oxygens (including phenoxy) is 4. The molecule has 194 valence electrons. The van der Waals surface area contributed by atoms with Gasteiger partial charge in [-0.1, -0.05) is 0 Å². The van der Waals surface area contributed by atoms with Crippen molar-refractivity contribution in [2.75, 3.05) is 33.4 Å². The molecule has 9 heteroatoms. The van der Waals surface area contributed by atoms with E-state index in [0.29, 0.717) is 29.1 Å². The van der Waals surface area contributed by atoms with Crippen LogP contribution in [0.25, 0.3) is 22.1 Å². The highest BCUT2D eigenvalue weighted by atomic mass is 19.3. The average Bonchev–Trinajstić information content (AvgIpc) is 3.46. The molecule has 1 aromatic heterocycles. The lowest BCUT2D eigenvalue weighted by molar-refractivity contribution is -0.0509. The van der Waals surface area contributed by atoms with Gasteiger partial charge in [0.05, 0.1) is 13.4 Å². The monoisotopic (exact) mass is 503 g/mol. The summed E-state index contributed by atoms with van der Waals surface area (Å²) < 4.78 is 53.6. The van der Waals surface area contributed by atoms with Gasteiger partial charge in [-0.3, -0.25) is 4.90 Å². The maximum Gasteiger partial charge on any atom is 0.387 e. The molecule has 0 atom stereocenters. The molecule has 0 unspecified atom stereocenters. The largest absolute Gasteiger partial charge is 0.496 e. The van der Waals surface area contributed by atoms with Gasteiger partial charge in [0.2, 0.25) is 0 Å². The van der Waals surface area contributed by atoms with E-state index in [1.54, 1.807) is 32.9 Å². The van der Waals surface area contributed by atoms with E-state index in [-0.39, 0.29) is 17.1 Å². The van der Waals surface area contributed by atoms with Crippen LogP contribution < -0.4 is 14.2 Å². The molecule has 1 fully saturated rings. The molecule has 0 saturated carbocycles. The molecule has 0 radical (unpaired) electrons. The number of alkyl halides is 2. The Morgan fingerprint density at radius 2 is 1.83 bits per heavy atom. The summed E-state index contributed by atoms with van der Waals surface area (Å²) in [7, 11) is 1.35. The van der Waals surface area contributed by atoms with Crippen molar-refractivity contribution in [1.29, 1.82) is 0 Å².